The first-order valence-electron chi connectivity index (χ1n) is 6.05. The van der Waals surface area contributed by atoms with Crippen molar-refractivity contribution in [1.82, 2.24) is 5.32 Å². The van der Waals surface area contributed by atoms with Crippen LogP contribution in [-0.4, -0.2) is 19.6 Å². The molecule has 2 aromatic rings. The van der Waals surface area contributed by atoms with E-state index in [9.17, 15) is 9.59 Å². The zero-order chi connectivity index (χ0) is 13.8. The molecule has 5 heteroatoms. The van der Waals surface area contributed by atoms with Gasteiger partial charge in [0.1, 0.15) is 16.9 Å². The number of hydrogen-bond acceptors (Lipinski definition) is 4. The molecule has 0 saturated carbocycles. The van der Waals surface area contributed by atoms with E-state index in [0.717, 1.165) is 6.42 Å². The maximum atomic E-state index is 11.8. The van der Waals surface area contributed by atoms with E-state index in [4.69, 9.17) is 9.15 Å². The van der Waals surface area contributed by atoms with Crippen LogP contribution in [0.1, 0.15) is 23.7 Å². The Morgan fingerprint density at radius 3 is 2.84 bits per heavy atom. The molecule has 0 saturated heterocycles. The molecule has 0 aliphatic heterocycles. The number of nitrogens with one attached hydrogen (secondary N) is 1. The Hall–Kier alpha value is -2.30. The highest BCUT2D eigenvalue weighted by atomic mass is 16.5. The number of hydrogen-bond donors (Lipinski definition) is 1. The van der Waals surface area contributed by atoms with E-state index in [-0.39, 0.29) is 5.56 Å². The van der Waals surface area contributed by atoms with Crippen LogP contribution >= 0.6 is 0 Å². The molecular formula is C14H15NO4. The number of methoxy groups -OCH3 is 1. The lowest BCUT2D eigenvalue weighted by atomic mass is 10.1. The van der Waals surface area contributed by atoms with Gasteiger partial charge in [-0.05, 0) is 30.7 Å². The minimum Gasteiger partial charge on any atom is -0.497 e. The molecule has 2 rings (SSSR count). The van der Waals surface area contributed by atoms with Gasteiger partial charge in [0.25, 0.3) is 5.91 Å². The molecular weight excluding hydrogens is 246 g/mol. The first-order chi connectivity index (χ1) is 9.15. The zero-order valence-corrected chi connectivity index (χ0v) is 10.9. The lowest BCUT2D eigenvalue weighted by Crippen LogP contribution is -2.28. The summed E-state index contributed by atoms with van der Waals surface area (Å²) in [7, 11) is 1.55. The van der Waals surface area contributed by atoms with Gasteiger partial charge in [0.15, 0.2) is 0 Å². The van der Waals surface area contributed by atoms with Crippen molar-refractivity contribution in [2.24, 2.45) is 0 Å². The van der Waals surface area contributed by atoms with Gasteiger partial charge in [0.05, 0.1) is 7.11 Å². The molecule has 19 heavy (non-hydrogen) atoms. The van der Waals surface area contributed by atoms with Crippen molar-refractivity contribution in [2.75, 3.05) is 13.7 Å². The van der Waals surface area contributed by atoms with Crippen molar-refractivity contribution < 1.29 is 13.9 Å². The largest absolute Gasteiger partial charge is 0.497 e. The van der Waals surface area contributed by atoms with Crippen molar-refractivity contribution in [3.8, 4) is 5.75 Å². The Balaban J connectivity index is 2.47. The normalized spacial score (nSPS) is 10.4. The number of amides is 1. The van der Waals surface area contributed by atoms with Gasteiger partial charge < -0.3 is 14.5 Å². The standard InChI is InChI=1S/C14H15NO4/c1-3-6-15-13(16)11-8-9-7-10(18-2)4-5-12(9)19-14(11)17/h4-5,7-8H,3,6H2,1-2H3,(H,15,16). The van der Waals surface area contributed by atoms with E-state index < -0.39 is 11.5 Å². The number of benzene rings is 1. The van der Waals surface area contributed by atoms with Crippen molar-refractivity contribution in [2.45, 2.75) is 13.3 Å². The quantitative estimate of drug-likeness (QED) is 0.854. The second kappa shape index (κ2) is 5.56. The lowest BCUT2D eigenvalue weighted by molar-refractivity contribution is 0.0950. The SMILES string of the molecule is CCCNC(=O)c1cc2cc(OC)ccc2oc1=O. The van der Waals surface area contributed by atoms with E-state index >= 15 is 0 Å². The van der Waals surface area contributed by atoms with E-state index in [1.807, 2.05) is 6.92 Å². The maximum absolute atomic E-state index is 11.8. The molecule has 0 atom stereocenters. The van der Waals surface area contributed by atoms with Gasteiger partial charge in [-0.25, -0.2) is 4.79 Å². The molecule has 0 spiro atoms. The molecule has 1 aromatic carbocycles. The Morgan fingerprint density at radius 2 is 2.16 bits per heavy atom. The van der Waals surface area contributed by atoms with Crippen LogP contribution in [0.25, 0.3) is 11.0 Å². The molecule has 0 fully saturated rings. The maximum Gasteiger partial charge on any atom is 0.349 e. The van der Waals surface area contributed by atoms with E-state index in [2.05, 4.69) is 5.32 Å². The minimum atomic E-state index is -0.633. The molecule has 0 aliphatic rings. The van der Waals surface area contributed by atoms with Crippen LogP contribution in [0.15, 0.2) is 33.5 Å². The Labute approximate surface area is 110 Å². The topological polar surface area (TPSA) is 68.5 Å². The summed E-state index contributed by atoms with van der Waals surface area (Å²) in [5.41, 5.74) is -0.196. The summed E-state index contributed by atoms with van der Waals surface area (Å²) in [5, 5.41) is 3.31. The molecule has 1 aromatic heterocycles. The number of fused-ring (bicyclic) bond motifs is 1. The summed E-state index contributed by atoms with van der Waals surface area (Å²) in [6.07, 6.45) is 0.804. The van der Waals surface area contributed by atoms with E-state index in [0.29, 0.717) is 23.3 Å². The van der Waals surface area contributed by atoms with Crippen molar-refractivity contribution >= 4 is 16.9 Å². The fourth-order valence-electron chi connectivity index (χ4n) is 1.72. The summed E-state index contributed by atoms with van der Waals surface area (Å²) in [6, 6.07) is 6.58. The smallest absolute Gasteiger partial charge is 0.349 e. The monoisotopic (exact) mass is 261 g/mol. The van der Waals surface area contributed by atoms with Crippen LogP contribution in [0.4, 0.5) is 0 Å². The Morgan fingerprint density at radius 1 is 1.37 bits per heavy atom. The van der Waals surface area contributed by atoms with Gasteiger partial charge in [-0.3, -0.25) is 4.79 Å². The summed E-state index contributed by atoms with van der Waals surface area (Å²) < 4.78 is 10.2. The van der Waals surface area contributed by atoms with Crippen LogP contribution < -0.4 is 15.7 Å². The van der Waals surface area contributed by atoms with Gasteiger partial charge in [-0.15, -0.1) is 0 Å². The van der Waals surface area contributed by atoms with Crippen molar-refractivity contribution in [3.05, 3.63) is 40.2 Å². The van der Waals surface area contributed by atoms with Crippen LogP contribution in [-0.2, 0) is 0 Å². The summed E-state index contributed by atoms with van der Waals surface area (Å²) in [6.45, 7) is 2.46. The first-order valence-corrected chi connectivity index (χ1v) is 6.05. The van der Waals surface area contributed by atoms with Crippen LogP contribution in [0, 0.1) is 0 Å². The highest BCUT2D eigenvalue weighted by molar-refractivity contribution is 5.96. The molecule has 1 heterocycles. The highest BCUT2D eigenvalue weighted by Gasteiger charge is 2.13. The molecule has 0 aliphatic carbocycles. The first kappa shape index (κ1) is 13.1. The van der Waals surface area contributed by atoms with Crippen LogP contribution in [0.3, 0.4) is 0 Å². The summed E-state index contributed by atoms with van der Waals surface area (Å²) in [4.78, 5) is 23.6. The predicted octanol–water partition coefficient (Wildman–Crippen LogP) is 1.94. The van der Waals surface area contributed by atoms with Gasteiger partial charge >= 0.3 is 5.63 Å². The predicted molar refractivity (Wildman–Crippen MR) is 71.7 cm³/mol. The lowest BCUT2D eigenvalue weighted by Gasteiger charge is -2.05. The van der Waals surface area contributed by atoms with Gasteiger partial charge in [0, 0.05) is 11.9 Å². The van der Waals surface area contributed by atoms with Crippen LogP contribution in [0.2, 0.25) is 0 Å². The average Bonchev–Trinajstić information content (AvgIpc) is 2.43. The third kappa shape index (κ3) is 2.76. The molecule has 0 unspecified atom stereocenters. The third-order valence-electron chi connectivity index (χ3n) is 2.72. The molecule has 1 N–H and O–H groups in total. The number of carbonyl (C=O) groups is 1. The van der Waals surface area contributed by atoms with Crippen LogP contribution in [0.5, 0.6) is 5.75 Å². The third-order valence-corrected chi connectivity index (χ3v) is 2.72. The zero-order valence-electron chi connectivity index (χ0n) is 10.9. The molecule has 0 bridgehead atoms. The number of ether oxygens (including phenoxy) is 1. The number of rotatable bonds is 4. The van der Waals surface area contributed by atoms with Gasteiger partial charge in [-0.2, -0.15) is 0 Å². The summed E-state index contributed by atoms with van der Waals surface area (Å²) in [5.74, 6) is 0.224. The molecule has 100 valence electrons. The van der Waals surface area contributed by atoms with Crippen molar-refractivity contribution in [3.63, 3.8) is 0 Å². The average molecular weight is 261 g/mol. The molecule has 0 radical (unpaired) electrons. The Kier molecular flexibility index (Phi) is 3.85. The van der Waals surface area contributed by atoms with E-state index in [1.54, 1.807) is 25.3 Å². The molecule has 1 amide bonds. The van der Waals surface area contributed by atoms with Gasteiger partial charge in [-0.1, -0.05) is 6.92 Å². The second-order valence-electron chi connectivity index (χ2n) is 4.11. The summed E-state index contributed by atoms with van der Waals surface area (Å²) >= 11 is 0. The fraction of sp³-hybridized carbons (Fsp3) is 0.286. The Bertz CT molecular complexity index is 660. The highest BCUT2D eigenvalue weighted by Crippen LogP contribution is 2.20. The second-order valence-corrected chi connectivity index (χ2v) is 4.11. The van der Waals surface area contributed by atoms with Gasteiger partial charge in [0.2, 0.25) is 0 Å². The van der Waals surface area contributed by atoms with Crippen molar-refractivity contribution in [1.29, 1.82) is 0 Å². The fourth-order valence-corrected chi connectivity index (χ4v) is 1.72. The minimum absolute atomic E-state index is 0.00852. The number of carbonyl (C=O) groups excluding carboxylic acids is 1. The molecule has 5 nitrogen and oxygen atoms in total. The van der Waals surface area contributed by atoms with E-state index in [1.165, 1.54) is 6.07 Å².